The first-order valence-electron chi connectivity index (χ1n) is 10.3. The highest BCUT2D eigenvalue weighted by Crippen LogP contribution is 2.16. The molecule has 0 unspecified atom stereocenters. The maximum atomic E-state index is 12.6. The number of carbonyl (C=O) groups excluding carboxylic acids is 1. The fourth-order valence-corrected chi connectivity index (χ4v) is 3.41. The van der Waals surface area contributed by atoms with Crippen molar-refractivity contribution >= 4 is 11.6 Å². The van der Waals surface area contributed by atoms with E-state index in [4.69, 9.17) is 4.74 Å². The van der Waals surface area contributed by atoms with Gasteiger partial charge in [-0.25, -0.2) is 9.67 Å². The van der Waals surface area contributed by atoms with Crippen LogP contribution in [0.4, 0.5) is 0 Å². The van der Waals surface area contributed by atoms with Crippen LogP contribution in [0.2, 0.25) is 0 Å². The Hall–Kier alpha value is -4.39. The van der Waals surface area contributed by atoms with E-state index in [1.54, 1.807) is 23.0 Å². The van der Waals surface area contributed by atoms with Gasteiger partial charge in [0.05, 0.1) is 11.4 Å². The summed E-state index contributed by atoms with van der Waals surface area (Å²) in [6.45, 7) is 0.764. The summed E-state index contributed by atoms with van der Waals surface area (Å²) >= 11 is 0. The zero-order chi connectivity index (χ0) is 21.8. The molecule has 3 aromatic heterocycles. The van der Waals surface area contributed by atoms with Crippen molar-refractivity contribution in [3.05, 3.63) is 114 Å². The number of imidazole rings is 1. The van der Waals surface area contributed by atoms with Gasteiger partial charge < -0.3 is 14.5 Å². The third-order valence-corrected chi connectivity index (χ3v) is 5.06. The average Bonchev–Trinajstić information content (AvgIpc) is 3.52. The molecule has 0 fully saturated rings. The van der Waals surface area contributed by atoms with Crippen LogP contribution in [-0.4, -0.2) is 25.1 Å². The minimum absolute atomic E-state index is 0.153. The Balaban J connectivity index is 1.18. The summed E-state index contributed by atoms with van der Waals surface area (Å²) < 4.78 is 9.60. The zero-order valence-electron chi connectivity index (χ0n) is 17.3. The first kappa shape index (κ1) is 19.6. The fourth-order valence-electron chi connectivity index (χ4n) is 3.41. The highest BCUT2D eigenvalue weighted by molar-refractivity contribution is 5.94. The number of nitrogens with one attached hydrogen (secondary N) is 1. The first-order valence-corrected chi connectivity index (χ1v) is 10.3. The molecule has 32 heavy (non-hydrogen) atoms. The van der Waals surface area contributed by atoms with Gasteiger partial charge >= 0.3 is 0 Å². The number of carbonyl (C=O) groups is 1. The molecule has 0 spiro atoms. The number of hydrogen-bond donors (Lipinski definition) is 1. The van der Waals surface area contributed by atoms with Gasteiger partial charge in [0.25, 0.3) is 5.91 Å². The zero-order valence-corrected chi connectivity index (χ0v) is 17.3. The van der Waals surface area contributed by atoms with E-state index in [0.29, 0.717) is 24.5 Å². The molecule has 0 saturated heterocycles. The van der Waals surface area contributed by atoms with E-state index in [9.17, 15) is 4.79 Å². The second kappa shape index (κ2) is 8.77. The van der Waals surface area contributed by atoms with Crippen molar-refractivity contribution in [2.45, 2.75) is 13.2 Å². The quantitative estimate of drug-likeness (QED) is 0.429. The second-order valence-corrected chi connectivity index (χ2v) is 7.31. The molecule has 3 heterocycles. The summed E-state index contributed by atoms with van der Waals surface area (Å²) in [7, 11) is 0. The minimum atomic E-state index is -0.153. The molecule has 0 aliphatic rings. The largest absolute Gasteiger partial charge is 0.487 e. The van der Waals surface area contributed by atoms with Gasteiger partial charge in [-0.05, 0) is 54.1 Å². The van der Waals surface area contributed by atoms with E-state index >= 15 is 0 Å². The third kappa shape index (κ3) is 4.37. The lowest BCUT2D eigenvalue weighted by Gasteiger charge is -2.09. The standard InChI is InChI=1S/C25H21N5O2/c31-25(26-16-19-8-10-22(11-9-19)30-14-4-12-27-30)20-5-3-6-23(15-20)32-18-21-17-29-13-2-1-7-24(29)28-21/h1-15,17H,16,18H2,(H,26,31). The van der Waals surface area contributed by atoms with Crippen LogP contribution in [0.3, 0.4) is 0 Å². The lowest BCUT2D eigenvalue weighted by molar-refractivity contribution is 0.0950. The Kier molecular flexibility index (Phi) is 5.36. The van der Waals surface area contributed by atoms with E-state index in [2.05, 4.69) is 15.4 Å². The number of rotatable bonds is 7. The monoisotopic (exact) mass is 423 g/mol. The Labute approximate surface area is 184 Å². The van der Waals surface area contributed by atoms with Gasteiger partial charge in [-0.15, -0.1) is 0 Å². The van der Waals surface area contributed by atoms with Crippen molar-refractivity contribution in [1.29, 1.82) is 0 Å². The second-order valence-electron chi connectivity index (χ2n) is 7.31. The number of benzene rings is 2. The molecule has 1 amide bonds. The highest BCUT2D eigenvalue weighted by Gasteiger charge is 2.08. The van der Waals surface area contributed by atoms with Crippen molar-refractivity contribution in [2.24, 2.45) is 0 Å². The van der Waals surface area contributed by atoms with E-state index in [-0.39, 0.29) is 5.91 Å². The van der Waals surface area contributed by atoms with E-state index in [1.165, 1.54) is 0 Å². The molecule has 7 heteroatoms. The predicted molar refractivity (Wildman–Crippen MR) is 121 cm³/mol. The summed E-state index contributed by atoms with van der Waals surface area (Å²) in [5, 5.41) is 7.17. The van der Waals surface area contributed by atoms with E-state index in [1.807, 2.05) is 83.7 Å². The molecule has 0 atom stereocenters. The van der Waals surface area contributed by atoms with Crippen LogP contribution in [0.15, 0.2) is 97.6 Å². The number of fused-ring (bicyclic) bond motifs is 1. The summed E-state index contributed by atoms with van der Waals surface area (Å²) in [4.78, 5) is 17.1. The van der Waals surface area contributed by atoms with Gasteiger partial charge in [-0.3, -0.25) is 4.79 Å². The van der Waals surface area contributed by atoms with Crippen molar-refractivity contribution in [3.63, 3.8) is 0 Å². The van der Waals surface area contributed by atoms with Gasteiger partial charge in [0.2, 0.25) is 0 Å². The highest BCUT2D eigenvalue weighted by atomic mass is 16.5. The van der Waals surface area contributed by atoms with Crippen LogP contribution in [0.1, 0.15) is 21.6 Å². The molecule has 1 N–H and O–H groups in total. The van der Waals surface area contributed by atoms with Crippen LogP contribution in [-0.2, 0) is 13.2 Å². The molecule has 0 radical (unpaired) electrons. The summed E-state index contributed by atoms with van der Waals surface area (Å²) in [5.41, 5.74) is 4.22. The molecule has 0 bridgehead atoms. The number of nitrogens with zero attached hydrogens (tertiary/aromatic N) is 4. The van der Waals surface area contributed by atoms with Crippen LogP contribution >= 0.6 is 0 Å². The van der Waals surface area contributed by atoms with Gasteiger partial charge in [0, 0.05) is 36.9 Å². The number of ether oxygens (including phenoxy) is 1. The van der Waals surface area contributed by atoms with Crippen molar-refractivity contribution in [3.8, 4) is 11.4 Å². The van der Waals surface area contributed by atoms with Crippen LogP contribution in [0.5, 0.6) is 5.75 Å². The van der Waals surface area contributed by atoms with E-state index < -0.39 is 0 Å². The topological polar surface area (TPSA) is 73.5 Å². The average molecular weight is 423 g/mol. The third-order valence-electron chi connectivity index (χ3n) is 5.06. The fraction of sp³-hybridized carbons (Fsp3) is 0.0800. The predicted octanol–water partition coefficient (Wildman–Crippen LogP) is 4.03. The molecule has 5 rings (SSSR count). The first-order chi connectivity index (χ1) is 15.7. The molecule has 5 aromatic rings. The minimum Gasteiger partial charge on any atom is -0.487 e. The molecule has 0 saturated carbocycles. The van der Waals surface area contributed by atoms with Crippen LogP contribution in [0.25, 0.3) is 11.3 Å². The smallest absolute Gasteiger partial charge is 0.251 e. The molecule has 7 nitrogen and oxygen atoms in total. The molecular formula is C25H21N5O2. The molecule has 158 valence electrons. The summed E-state index contributed by atoms with van der Waals surface area (Å²) in [5.74, 6) is 0.470. The Morgan fingerprint density at radius 1 is 0.969 bits per heavy atom. The van der Waals surface area contributed by atoms with Gasteiger partial charge in [-0.2, -0.15) is 5.10 Å². The summed E-state index contributed by atoms with van der Waals surface area (Å²) in [6, 6.07) is 22.8. The molecule has 0 aliphatic carbocycles. The SMILES string of the molecule is O=C(NCc1ccc(-n2cccn2)cc1)c1cccc(OCc2cn3ccccc3n2)c1. The lowest BCUT2D eigenvalue weighted by atomic mass is 10.1. The Morgan fingerprint density at radius 2 is 1.88 bits per heavy atom. The van der Waals surface area contributed by atoms with Crippen molar-refractivity contribution in [1.82, 2.24) is 24.5 Å². The van der Waals surface area contributed by atoms with Crippen molar-refractivity contribution < 1.29 is 9.53 Å². The maximum absolute atomic E-state index is 12.6. The Morgan fingerprint density at radius 3 is 2.69 bits per heavy atom. The normalized spacial score (nSPS) is 10.9. The van der Waals surface area contributed by atoms with Crippen LogP contribution in [0, 0.1) is 0 Å². The molecule has 0 aliphatic heterocycles. The number of aromatic nitrogens is 4. The van der Waals surface area contributed by atoms with Crippen molar-refractivity contribution in [2.75, 3.05) is 0 Å². The van der Waals surface area contributed by atoms with E-state index in [0.717, 1.165) is 22.6 Å². The van der Waals surface area contributed by atoms with Gasteiger partial charge in [0.15, 0.2) is 0 Å². The lowest BCUT2D eigenvalue weighted by Crippen LogP contribution is -2.22. The number of hydrogen-bond acceptors (Lipinski definition) is 4. The number of amides is 1. The number of pyridine rings is 1. The van der Waals surface area contributed by atoms with Gasteiger partial charge in [-0.1, -0.05) is 24.3 Å². The molecular weight excluding hydrogens is 402 g/mol. The van der Waals surface area contributed by atoms with Gasteiger partial charge in [0.1, 0.15) is 18.0 Å². The Bertz CT molecular complexity index is 1310. The maximum Gasteiger partial charge on any atom is 0.251 e. The molecule has 2 aromatic carbocycles. The van der Waals surface area contributed by atoms with Crippen LogP contribution < -0.4 is 10.1 Å². The summed E-state index contributed by atoms with van der Waals surface area (Å²) in [6.07, 6.45) is 7.51.